The molecule has 4 rings (SSSR count). The monoisotopic (exact) mass is 339 g/mol. The topological polar surface area (TPSA) is 63.1 Å². The van der Waals surface area contributed by atoms with Crippen molar-refractivity contribution in [1.82, 2.24) is 25.0 Å². The molecule has 1 aliphatic carbocycles. The van der Waals surface area contributed by atoms with Gasteiger partial charge in [-0.2, -0.15) is 5.10 Å². The van der Waals surface area contributed by atoms with E-state index in [1.807, 2.05) is 22.9 Å². The molecule has 1 aromatic heterocycles. The summed E-state index contributed by atoms with van der Waals surface area (Å²) >= 11 is 0. The second kappa shape index (κ2) is 7.35. The summed E-state index contributed by atoms with van der Waals surface area (Å²) in [4.78, 5) is 19.5. The van der Waals surface area contributed by atoms with E-state index in [0.29, 0.717) is 12.1 Å². The Hall–Kier alpha value is -2.21. The van der Waals surface area contributed by atoms with Crippen molar-refractivity contribution >= 4 is 5.91 Å². The molecule has 1 N–H and O–H groups in total. The zero-order chi connectivity index (χ0) is 17.1. The molecular weight excluding hydrogens is 314 g/mol. The van der Waals surface area contributed by atoms with E-state index < -0.39 is 0 Å². The molecule has 0 radical (unpaired) electrons. The normalized spacial score (nSPS) is 22.5. The van der Waals surface area contributed by atoms with E-state index in [1.165, 1.54) is 6.42 Å². The molecule has 6 heteroatoms. The van der Waals surface area contributed by atoms with Gasteiger partial charge in [0.05, 0.1) is 6.54 Å². The van der Waals surface area contributed by atoms with E-state index in [9.17, 15) is 4.79 Å². The van der Waals surface area contributed by atoms with Crippen LogP contribution in [-0.2, 0) is 11.3 Å². The molecule has 2 fully saturated rings. The van der Waals surface area contributed by atoms with Crippen molar-refractivity contribution in [3.8, 4) is 0 Å². The Labute approximate surface area is 148 Å². The van der Waals surface area contributed by atoms with E-state index >= 15 is 0 Å². The molecule has 1 aliphatic heterocycles. The van der Waals surface area contributed by atoms with Crippen LogP contribution in [0.5, 0.6) is 0 Å². The summed E-state index contributed by atoms with van der Waals surface area (Å²) in [5.41, 5.74) is 1.08. The maximum Gasteiger partial charge on any atom is 0.242 e. The maximum atomic E-state index is 13.1. The lowest BCUT2D eigenvalue weighted by molar-refractivity contribution is -0.128. The fourth-order valence-electron chi connectivity index (χ4n) is 3.74. The molecule has 0 unspecified atom stereocenters. The fraction of sp³-hybridized carbons (Fsp3) is 0.526. The minimum absolute atomic E-state index is 0.138. The number of amides is 1. The Morgan fingerprint density at radius 3 is 2.76 bits per heavy atom. The first kappa shape index (κ1) is 16.3. The molecule has 0 bridgehead atoms. The van der Waals surface area contributed by atoms with Crippen LogP contribution < -0.4 is 5.32 Å². The Balaban J connectivity index is 1.59. The largest absolute Gasteiger partial charge is 0.352 e. The second-order valence-corrected chi connectivity index (χ2v) is 7.10. The van der Waals surface area contributed by atoms with Crippen molar-refractivity contribution in [3.63, 3.8) is 0 Å². The smallest absolute Gasteiger partial charge is 0.242 e. The number of benzene rings is 1. The van der Waals surface area contributed by atoms with Gasteiger partial charge in [-0.25, -0.2) is 4.98 Å². The highest BCUT2D eigenvalue weighted by Crippen LogP contribution is 2.31. The molecule has 2 atom stereocenters. The van der Waals surface area contributed by atoms with Crippen molar-refractivity contribution in [1.29, 1.82) is 0 Å². The number of carbonyl (C=O) groups excluding carboxylic acids is 1. The van der Waals surface area contributed by atoms with Gasteiger partial charge in [0.1, 0.15) is 18.7 Å². The third-order valence-corrected chi connectivity index (χ3v) is 5.16. The van der Waals surface area contributed by atoms with Gasteiger partial charge in [-0.05, 0) is 37.8 Å². The van der Waals surface area contributed by atoms with Gasteiger partial charge in [0.25, 0.3) is 0 Å². The van der Waals surface area contributed by atoms with Crippen LogP contribution in [-0.4, -0.2) is 44.2 Å². The molecule has 1 amide bonds. The molecule has 1 saturated carbocycles. The van der Waals surface area contributed by atoms with Crippen molar-refractivity contribution < 1.29 is 4.79 Å². The SMILES string of the molecule is O=C(NC1CC1)[C@H](c1ccccc1)N1CCCC[C@H]1Cn1cncn1. The first-order valence-electron chi connectivity index (χ1n) is 9.25. The highest BCUT2D eigenvalue weighted by atomic mass is 16.2. The zero-order valence-electron chi connectivity index (χ0n) is 14.4. The third-order valence-electron chi connectivity index (χ3n) is 5.16. The minimum atomic E-state index is -0.226. The lowest BCUT2D eigenvalue weighted by Gasteiger charge is -2.40. The molecule has 2 heterocycles. The summed E-state index contributed by atoms with van der Waals surface area (Å²) in [5, 5.41) is 7.47. The van der Waals surface area contributed by atoms with Gasteiger partial charge in [0.15, 0.2) is 0 Å². The second-order valence-electron chi connectivity index (χ2n) is 7.10. The van der Waals surface area contributed by atoms with Gasteiger partial charge in [-0.1, -0.05) is 36.8 Å². The Bertz CT molecular complexity index is 683. The van der Waals surface area contributed by atoms with E-state index in [2.05, 4.69) is 32.4 Å². The summed E-state index contributed by atoms with van der Waals surface area (Å²) in [6.45, 7) is 1.72. The first-order valence-corrected chi connectivity index (χ1v) is 9.25. The number of nitrogens with zero attached hydrogens (tertiary/aromatic N) is 4. The quantitative estimate of drug-likeness (QED) is 0.876. The van der Waals surface area contributed by atoms with Crippen LogP contribution >= 0.6 is 0 Å². The Morgan fingerprint density at radius 1 is 1.20 bits per heavy atom. The molecule has 25 heavy (non-hydrogen) atoms. The van der Waals surface area contributed by atoms with Gasteiger partial charge < -0.3 is 5.32 Å². The van der Waals surface area contributed by atoms with Crippen molar-refractivity contribution in [3.05, 3.63) is 48.5 Å². The van der Waals surface area contributed by atoms with Crippen LogP contribution in [0.1, 0.15) is 43.7 Å². The van der Waals surface area contributed by atoms with E-state index in [1.54, 1.807) is 12.7 Å². The lowest BCUT2D eigenvalue weighted by Crippen LogP contribution is -2.49. The van der Waals surface area contributed by atoms with Crippen LogP contribution in [0.3, 0.4) is 0 Å². The summed E-state index contributed by atoms with van der Waals surface area (Å²) in [6.07, 6.45) is 8.96. The van der Waals surface area contributed by atoms with E-state index in [0.717, 1.165) is 44.3 Å². The molecular formula is C19H25N5O. The Morgan fingerprint density at radius 2 is 2.04 bits per heavy atom. The third kappa shape index (κ3) is 3.90. The molecule has 1 saturated heterocycles. The van der Waals surface area contributed by atoms with Crippen molar-refractivity contribution in [2.24, 2.45) is 0 Å². The van der Waals surface area contributed by atoms with Gasteiger partial charge in [0.2, 0.25) is 5.91 Å². The zero-order valence-corrected chi connectivity index (χ0v) is 14.4. The van der Waals surface area contributed by atoms with E-state index in [-0.39, 0.29) is 11.9 Å². The van der Waals surface area contributed by atoms with Crippen LogP contribution in [0.15, 0.2) is 43.0 Å². The highest BCUT2D eigenvalue weighted by molar-refractivity contribution is 5.83. The molecule has 132 valence electrons. The average molecular weight is 339 g/mol. The summed E-state index contributed by atoms with van der Waals surface area (Å²) in [7, 11) is 0. The predicted octanol–water partition coefficient (Wildman–Crippen LogP) is 2.15. The van der Waals surface area contributed by atoms with E-state index in [4.69, 9.17) is 0 Å². The predicted molar refractivity (Wildman–Crippen MR) is 94.7 cm³/mol. The van der Waals surface area contributed by atoms with Crippen LogP contribution in [0.25, 0.3) is 0 Å². The summed E-state index contributed by atoms with van der Waals surface area (Å²) < 4.78 is 1.88. The molecule has 2 aliphatic rings. The van der Waals surface area contributed by atoms with Crippen LogP contribution in [0, 0.1) is 0 Å². The van der Waals surface area contributed by atoms with Gasteiger partial charge in [-0.3, -0.25) is 14.4 Å². The summed E-state index contributed by atoms with van der Waals surface area (Å²) in [5.74, 6) is 0.138. The van der Waals surface area contributed by atoms with Crippen LogP contribution in [0.4, 0.5) is 0 Å². The number of carbonyl (C=O) groups is 1. The number of piperidine rings is 1. The molecule has 6 nitrogen and oxygen atoms in total. The molecule has 1 aromatic carbocycles. The van der Waals surface area contributed by atoms with Gasteiger partial charge in [0, 0.05) is 12.1 Å². The molecule has 2 aromatic rings. The number of hydrogen-bond donors (Lipinski definition) is 1. The number of nitrogens with one attached hydrogen (secondary N) is 1. The van der Waals surface area contributed by atoms with Crippen LogP contribution in [0.2, 0.25) is 0 Å². The Kier molecular flexibility index (Phi) is 4.78. The number of likely N-dealkylation sites (tertiary alicyclic amines) is 1. The molecule has 0 spiro atoms. The number of rotatable bonds is 6. The highest BCUT2D eigenvalue weighted by Gasteiger charge is 2.36. The average Bonchev–Trinajstić information content (AvgIpc) is 3.30. The fourth-order valence-corrected chi connectivity index (χ4v) is 3.74. The van der Waals surface area contributed by atoms with Gasteiger partial charge >= 0.3 is 0 Å². The summed E-state index contributed by atoms with van der Waals surface area (Å²) in [6, 6.07) is 10.6. The standard InChI is InChI=1S/C19H25N5O/c25-19(22-16-9-10-16)18(15-6-2-1-3-7-15)24-11-5-4-8-17(24)12-23-14-20-13-21-23/h1-3,6-7,13-14,16-18H,4-5,8-12H2,(H,22,25)/t17-,18-/m0/s1. The van der Waals surface area contributed by atoms with Crippen molar-refractivity contribution in [2.75, 3.05) is 6.54 Å². The maximum absolute atomic E-state index is 13.1. The first-order chi connectivity index (χ1) is 12.3. The number of aromatic nitrogens is 3. The minimum Gasteiger partial charge on any atom is -0.352 e. The lowest BCUT2D eigenvalue weighted by atomic mass is 9.95. The van der Waals surface area contributed by atoms with Crippen molar-refractivity contribution in [2.45, 2.75) is 56.8 Å². The van der Waals surface area contributed by atoms with Gasteiger partial charge in [-0.15, -0.1) is 0 Å². The number of hydrogen-bond acceptors (Lipinski definition) is 4.